The van der Waals surface area contributed by atoms with E-state index in [9.17, 15) is 0 Å². The van der Waals surface area contributed by atoms with Crippen molar-refractivity contribution in [1.82, 2.24) is 5.32 Å². The molecule has 0 spiro atoms. The maximum Gasteiger partial charge on any atom is 0.0196 e. The normalized spacial score (nSPS) is 13.1. The Morgan fingerprint density at radius 3 is 2.00 bits per heavy atom. The molecule has 0 aliphatic heterocycles. The van der Waals surface area contributed by atoms with Crippen LogP contribution < -0.4 is 5.32 Å². The van der Waals surface area contributed by atoms with Gasteiger partial charge in [-0.15, -0.1) is 0 Å². The SMILES string of the molecule is CCc1ccc(CC(NC)C(C)(C)c2ccccc2)cc1. The van der Waals surface area contributed by atoms with Crippen LogP contribution in [0.15, 0.2) is 54.6 Å². The first-order valence-corrected chi connectivity index (χ1v) is 7.88. The molecule has 0 heterocycles. The molecule has 1 unspecified atom stereocenters. The van der Waals surface area contributed by atoms with Crippen LogP contribution in [0.5, 0.6) is 0 Å². The first kappa shape index (κ1) is 15.8. The van der Waals surface area contributed by atoms with Gasteiger partial charge in [-0.1, -0.05) is 75.4 Å². The number of nitrogens with one attached hydrogen (secondary N) is 1. The first-order chi connectivity index (χ1) is 10.1. The van der Waals surface area contributed by atoms with Gasteiger partial charge in [0.2, 0.25) is 0 Å². The minimum absolute atomic E-state index is 0.0967. The molecular formula is C20H27N. The zero-order valence-electron chi connectivity index (χ0n) is 13.7. The molecule has 1 N–H and O–H groups in total. The van der Waals surface area contributed by atoms with Crippen LogP contribution in [-0.4, -0.2) is 13.1 Å². The Hall–Kier alpha value is -1.60. The highest BCUT2D eigenvalue weighted by molar-refractivity contribution is 5.29. The Bertz CT molecular complexity index is 540. The molecule has 0 saturated carbocycles. The van der Waals surface area contributed by atoms with Gasteiger partial charge in [-0.2, -0.15) is 0 Å². The fourth-order valence-electron chi connectivity index (χ4n) is 2.93. The quantitative estimate of drug-likeness (QED) is 0.829. The highest BCUT2D eigenvalue weighted by Crippen LogP contribution is 2.29. The van der Waals surface area contributed by atoms with Crippen molar-refractivity contribution in [3.63, 3.8) is 0 Å². The van der Waals surface area contributed by atoms with Crippen LogP contribution >= 0.6 is 0 Å². The van der Waals surface area contributed by atoms with Gasteiger partial charge in [-0.3, -0.25) is 0 Å². The zero-order valence-corrected chi connectivity index (χ0v) is 13.7. The third kappa shape index (κ3) is 3.74. The summed E-state index contributed by atoms with van der Waals surface area (Å²) in [7, 11) is 2.07. The number of aryl methyl sites for hydroxylation is 1. The van der Waals surface area contributed by atoms with E-state index in [4.69, 9.17) is 0 Å². The highest BCUT2D eigenvalue weighted by Gasteiger charge is 2.30. The standard InChI is InChI=1S/C20H27N/c1-5-16-11-13-17(14-12-16)15-19(21-4)20(2,3)18-9-7-6-8-10-18/h6-14,19,21H,5,15H2,1-4H3. The average molecular weight is 281 g/mol. The topological polar surface area (TPSA) is 12.0 Å². The fraction of sp³-hybridized carbons (Fsp3) is 0.400. The molecule has 1 nitrogen and oxygen atoms in total. The van der Waals surface area contributed by atoms with E-state index in [1.54, 1.807) is 0 Å². The van der Waals surface area contributed by atoms with Gasteiger partial charge in [-0.25, -0.2) is 0 Å². The third-order valence-electron chi connectivity index (χ3n) is 4.61. The predicted molar refractivity (Wildman–Crippen MR) is 91.8 cm³/mol. The Morgan fingerprint density at radius 1 is 0.905 bits per heavy atom. The van der Waals surface area contributed by atoms with Crippen molar-refractivity contribution in [2.75, 3.05) is 7.05 Å². The summed E-state index contributed by atoms with van der Waals surface area (Å²) in [5.41, 5.74) is 4.28. The molecule has 0 radical (unpaired) electrons. The van der Waals surface area contributed by atoms with E-state index in [2.05, 4.69) is 87.7 Å². The molecule has 0 aliphatic rings. The summed E-state index contributed by atoms with van der Waals surface area (Å²) < 4.78 is 0. The van der Waals surface area contributed by atoms with Gasteiger partial charge in [0.1, 0.15) is 0 Å². The average Bonchev–Trinajstić information content (AvgIpc) is 2.53. The van der Waals surface area contributed by atoms with Gasteiger partial charge in [0, 0.05) is 11.5 Å². The van der Waals surface area contributed by atoms with Crippen LogP contribution in [0.4, 0.5) is 0 Å². The molecule has 0 amide bonds. The summed E-state index contributed by atoms with van der Waals surface area (Å²) in [5.74, 6) is 0. The lowest BCUT2D eigenvalue weighted by molar-refractivity contribution is 0.356. The minimum atomic E-state index is 0.0967. The lowest BCUT2D eigenvalue weighted by Crippen LogP contribution is -2.44. The predicted octanol–water partition coefficient (Wildman–Crippen LogP) is 4.36. The molecule has 1 atom stereocenters. The monoisotopic (exact) mass is 281 g/mol. The molecule has 0 bridgehead atoms. The lowest BCUT2D eigenvalue weighted by atomic mass is 9.75. The second-order valence-electron chi connectivity index (χ2n) is 6.30. The van der Waals surface area contributed by atoms with Crippen LogP contribution in [0.25, 0.3) is 0 Å². The Balaban J connectivity index is 2.18. The molecule has 112 valence electrons. The van der Waals surface area contributed by atoms with Crippen LogP contribution in [0, 0.1) is 0 Å². The lowest BCUT2D eigenvalue weighted by Gasteiger charge is -2.35. The van der Waals surface area contributed by atoms with Crippen molar-refractivity contribution < 1.29 is 0 Å². The van der Waals surface area contributed by atoms with Crippen molar-refractivity contribution in [1.29, 1.82) is 0 Å². The molecule has 0 aromatic heterocycles. The smallest absolute Gasteiger partial charge is 0.0196 e. The molecule has 1 heteroatoms. The number of rotatable bonds is 6. The maximum atomic E-state index is 3.52. The highest BCUT2D eigenvalue weighted by atomic mass is 14.9. The largest absolute Gasteiger partial charge is 0.316 e. The van der Waals surface area contributed by atoms with Crippen LogP contribution in [0.1, 0.15) is 37.5 Å². The first-order valence-electron chi connectivity index (χ1n) is 7.88. The van der Waals surface area contributed by atoms with Crippen LogP contribution in [0.2, 0.25) is 0 Å². The second kappa shape index (κ2) is 6.91. The number of benzene rings is 2. The van der Waals surface area contributed by atoms with E-state index in [-0.39, 0.29) is 5.41 Å². The molecule has 0 saturated heterocycles. The third-order valence-corrected chi connectivity index (χ3v) is 4.61. The Morgan fingerprint density at radius 2 is 1.48 bits per heavy atom. The van der Waals surface area contributed by atoms with E-state index in [1.807, 2.05) is 0 Å². The van der Waals surface area contributed by atoms with E-state index < -0.39 is 0 Å². The fourth-order valence-corrected chi connectivity index (χ4v) is 2.93. The molecule has 21 heavy (non-hydrogen) atoms. The summed E-state index contributed by atoms with van der Waals surface area (Å²) >= 11 is 0. The molecule has 0 aliphatic carbocycles. The summed E-state index contributed by atoms with van der Waals surface area (Å²) in [6, 6.07) is 20.2. The van der Waals surface area contributed by atoms with Gasteiger partial charge in [0.05, 0.1) is 0 Å². The van der Waals surface area contributed by atoms with Gasteiger partial charge < -0.3 is 5.32 Å². The van der Waals surface area contributed by atoms with Crippen LogP contribution in [0.3, 0.4) is 0 Å². The molecule has 2 aromatic rings. The van der Waals surface area contributed by atoms with Gasteiger partial charge in [-0.05, 0) is 36.6 Å². The maximum absolute atomic E-state index is 3.52. The second-order valence-corrected chi connectivity index (χ2v) is 6.30. The summed E-state index contributed by atoms with van der Waals surface area (Å²) in [6.07, 6.45) is 2.15. The summed E-state index contributed by atoms with van der Waals surface area (Å²) in [4.78, 5) is 0. The Kier molecular flexibility index (Phi) is 5.19. The molecular weight excluding hydrogens is 254 g/mol. The Labute approximate surface area is 129 Å². The van der Waals surface area contributed by atoms with Crippen LogP contribution in [-0.2, 0) is 18.3 Å². The van der Waals surface area contributed by atoms with E-state index in [0.29, 0.717) is 6.04 Å². The summed E-state index contributed by atoms with van der Waals surface area (Å²) in [6.45, 7) is 6.84. The van der Waals surface area contributed by atoms with Crippen molar-refractivity contribution in [2.24, 2.45) is 0 Å². The van der Waals surface area contributed by atoms with Gasteiger partial charge >= 0.3 is 0 Å². The number of hydrogen-bond acceptors (Lipinski definition) is 1. The van der Waals surface area contributed by atoms with Gasteiger partial charge in [0.15, 0.2) is 0 Å². The van der Waals surface area contributed by atoms with E-state index >= 15 is 0 Å². The zero-order chi connectivity index (χ0) is 15.3. The minimum Gasteiger partial charge on any atom is -0.316 e. The van der Waals surface area contributed by atoms with E-state index in [0.717, 1.165) is 12.8 Å². The van der Waals surface area contributed by atoms with Crippen molar-refractivity contribution in [3.05, 3.63) is 71.3 Å². The molecule has 2 aromatic carbocycles. The van der Waals surface area contributed by atoms with Crippen molar-refractivity contribution in [2.45, 2.75) is 45.1 Å². The number of likely N-dealkylation sites (N-methyl/N-ethyl adjacent to an activating group) is 1. The van der Waals surface area contributed by atoms with Gasteiger partial charge in [0.25, 0.3) is 0 Å². The van der Waals surface area contributed by atoms with E-state index in [1.165, 1.54) is 16.7 Å². The summed E-state index contributed by atoms with van der Waals surface area (Å²) in [5, 5.41) is 3.52. The molecule has 2 rings (SSSR count). The molecule has 0 fully saturated rings. The number of hydrogen-bond donors (Lipinski definition) is 1. The van der Waals surface area contributed by atoms with Crippen molar-refractivity contribution in [3.8, 4) is 0 Å². The van der Waals surface area contributed by atoms with Crippen molar-refractivity contribution >= 4 is 0 Å².